The molecular formula is C22H15FO2S2. The van der Waals surface area contributed by atoms with Crippen LogP contribution in [-0.4, -0.2) is 15.1 Å². The minimum Gasteiger partial charge on any atom is -0.507 e. The number of thiocarbonyl (C=S) groups is 1. The van der Waals surface area contributed by atoms with Gasteiger partial charge in [-0.1, -0.05) is 36.5 Å². The third-order valence-electron chi connectivity index (χ3n) is 4.51. The van der Waals surface area contributed by atoms with Gasteiger partial charge in [0.05, 0.1) is 4.86 Å². The third-order valence-corrected chi connectivity index (χ3v) is 6.02. The van der Waals surface area contributed by atoms with Crippen molar-refractivity contribution in [3.05, 3.63) is 82.5 Å². The zero-order chi connectivity index (χ0) is 19.1. The molecule has 2 N–H and O–H groups in total. The molecule has 4 rings (SSSR count). The Balaban J connectivity index is 1.87. The highest BCUT2D eigenvalue weighted by molar-refractivity contribution is 7.81. The van der Waals surface area contributed by atoms with Crippen LogP contribution in [0, 0.1) is 12.7 Å². The Labute approximate surface area is 165 Å². The van der Waals surface area contributed by atoms with Crippen molar-refractivity contribution in [3.63, 3.8) is 0 Å². The lowest BCUT2D eigenvalue weighted by Crippen LogP contribution is -2.01. The van der Waals surface area contributed by atoms with Gasteiger partial charge in [-0.3, -0.25) is 0 Å². The first kappa shape index (κ1) is 17.6. The molecule has 0 aliphatic rings. The Morgan fingerprint density at radius 1 is 0.963 bits per heavy atom. The van der Waals surface area contributed by atoms with E-state index in [2.05, 4.69) is 0 Å². The molecule has 0 amide bonds. The van der Waals surface area contributed by atoms with Crippen molar-refractivity contribution < 1.29 is 14.6 Å². The molecular weight excluding hydrogens is 379 g/mol. The molecule has 1 aromatic heterocycles. The molecule has 0 radical (unpaired) electrons. The lowest BCUT2D eigenvalue weighted by atomic mass is 9.96. The SMILES string of the molecule is Cc1sc2ccccc2c1C(=S)c1cc(-c2cc(F)ccc2O)ccc1O. The maximum Gasteiger partial charge on any atom is 0.124 e. The number of aromatic hydroxyl groups is 2. The van der Waals surface area contributed by atoms with Crippen molar-refractivity contribution in [2.75, 3.05) is 0 Å². The molecule has 0 saturated carbocycles. The Kier molecular flexibility index (Phi) is 4.42. The van der Waals surface area contributed by atoms with E-state index in [1.165, 1.54) is 24.3 Å². The second kappa shape index (κ2) is 6.76. The summed E-state index contributed by atoms with van der Waals surface area (Å²) in [7, 11) is 0. The molecule has 27 heavy (non-hydrogen) atoms. The smallest absolute Gasteiger partial charge is 0.124 e. The van der Waals surface area contributed by atoms with E-state index in [-0.39, 0.29) is 11.5 Å². The normalized spacial score (nSPS) is 11.0. The van der Waals surface area contributed by atoms with Crippen molar-refractivity contribution >= 4 is 38.5 Å². The van der Waals surface area contributed by atoms with Gasteiger partial charge in [0.25, 0.3) is 0 Å². The average molecular weight is 394 g/mol. The van der Waals surface area contributed by atoms with E-state index in [1.807, 2.05) is 31.2 Å². The summed E-state index contributed by atoms with van der Waals surface area (Å²) in [5.41, 5.74) is 2.34. The number of rotatable bonds is 3. The maximum absolute atomic E-state index is 13.6. The number of hydrogen-bond acceptors (Lipinski definition) is 4. The molecule has 5 heteroatoms. The third kappa shape index (κ3) is 3.09. The highest BCUT2D eigenvalue weighted by Gasteiger charge is 2.18. The van der Waals surface area contributed by atoms with Gasteiger partial charge in [0.2, 0.25) is 0 Å². The van der Waals surface area contributed by atoms with Gasteiger partial charge in [-0.2, -0.15) is 0 Å². The fourth-order valence-electron chi connectivity index (χ4n) is 3.21. The van der Waals surface area contributed by atoms with Gasteiger partial charge in [-0.05, 0) is 48.9 Å². The van der Waals surface area contributed by atoms with Crippen LogP contribution in [-0.2, 0) is 0 Å². The first-order chi connectivity index (χ1) is 13.0. The van der Waals surface area contributed by atoms with Crippen molar-refractivity contribution in [3.8, 4) is 22.6 Å². The lowest BCUT2D eigenvalue weighted by molar-refractivity contribution is 0.473. The van der Waals surface area contributed by atoms with Crippen LogP contribution in [0.25, 0.3) is 21.2 Å². The lowest BCUT2D eigenvalue weighted by Gasteiger charge is -2.11. The molecule has 0 spiro atoms. The summed E-state index contributed by atoms with van der Waals surface area (Å²) >= 11 is 7.38. The average Bonchev–Trinajstić information content (AvgIpc) is 2.99. The van der Waals surface area contributed by atoms with Crippen molar-refractivity contribution in [1.29, 1.82) is 0 Å². The topological polar surface area (TPSA) is 40.5 Å². The summed E-state index contributed by atoms with van der Waals surface area (Å²) in [6, 6.07) is 16.6. The molecule has 3 aromatic carbocycles. The fraction of sp³-hybridized carbons (Fsp3) is 0.0455. The van der Waals surface area contributed by atoms with Crippen LogP contribution >= 0.6 is 23.6 Å². The van der Waals surface area contributed by atoms with Gasteiger partial charge < -0.3 is 10.2 Å². The predicted octanol–water partition coefficient (Wildman–Crippen LogP) is 6.19. The molecule has 0 fully saturated rings. The summed E-state index contributed by atoms with van der Waals surface area (Å²) in [5, 5.41) is 21.6. The Hall–Kier alpha value is -2.76. The van der Waals surface area contributed by atoms with Crippen LogP contribution in [0.3, 0.4) is 0 Å². The van der Waals surface area contributed by atoms with E-state index in [0.29, 0.717) is 21.6 Å². The molecule has 0 saturated heterocycles. The quantitative estimate of drug-likeness (QED) is 0.321. The standard InChI is InChI=1S/C22H15FO2S2/c1-12-21(15-4-2-3-5-20(15)27-12)22(26)17-10-13(6-8-19(17)25)16-11-14(23)7-9-18(16)24/h2-11,24-25H,1H3. The molecule has 0 unspecified atom stereocenters. The van der Waals surface area contributed by atoms with Crippen LogP contribution < -0.4 is 0 Å². The number of hydrogen-bond donors (Lipinski definition) is 2. The molecule has 2 nitrogen and oxygen atoms in total. The number of phenolic OH excluding ortho intramolecular Hbond substituents is 2. The van der Waals surface area contributed by atoms with Crippen molar-refractivity contribution in [2.24, 2.45) is 0 Å². The van der Waals surface area contributed by atoms with Crippen molar-refractivity contribution in [1.82, 2.24) is 0 Å². The van der Waals surface area contributed by atoms with Crippen LogP contribution in [0.5, 0.6) is 11.5 Å². The number of halogens is 1. The van der Waals surface area contributed by atoms with Crippen LogP contribution in [0.2, 0.25) is 0 Å². The van der Waals surface area contributed by atoms with Crippen LogP contribution in [0.4, 0.5) is 4.39 Å². The van der Waals surface area contributed by atoms with Crippen LogP contribution in [0.1, 0.15) is 16.0 Å². The second-order valence-corrected chi connectivity index (χ2v) is 7.92. The molecule has 134 valence electrons. The van der Waals surface area contributed by atoms with Gasteiger partial charge >= 0.3 is 0 Å². The number of aryl methyl sites for hydroxylation is 1. The van der Waals surface area contributed by atoms with Gasteiger partial charge in [0.1, 0.15) is 17.3 Å². The summed E-state index contributed by atoms with van der Waals surface area (Å²) < 4.78 is 14.8. The van der Waals surface area contributed by atoms with E-state index >= 15 is 0 Å². The second-order valence-electron chi connectivity index (χ2n) is 6.25. The van der Waals surface area contributed by atoms with E-state index < -0.39 is 5.82 Å². The maximum atomic E-state index is 13.6. The number of thiophene rings is 1. The molecule has 0 atom stereocenters. The van der Waals surface area contributed by atoms with Crippen LogP contribution in [0.15, 0.2) is 60.7 Å². The zero-order valence-corrected chi connectivity index (χ0v) is 16.0. The molecule has 0 aliphatic heterocycles. The fourth-order valence-corrected chi connectivity index (χ4v) is 4.77. The highest BCUT2D eigenvalue weighted by atomic mass is 32.1. The minimum atomic E-state index is -0.445. The Bertz CT molecular complexity index is 1190. The number of fused-ring (bicyclic) bond motifs is 1. The zero-order valence-electron chi connectivity index (χ0n) is 14.4. The molecule has 0 aliphatic carbocycles. The number of benzene rings is 3. The van der Waals surface area contributed by atoms with E-state index in [9.17, 15) is 14.6 Å². The van der Waals surface area contributed by atoms with Gasteiger partial charge in [0.15, 0.2) is 0 Å². The Morgan fingerprint density at radius 3 is 2.52 bits per heavy atom. The predicted molar refractivity (Wildman–Crippen MR) is 113 cm³/mol. The van der Waals surface area contributed by atoms with E-state index in [0.717, 1.165) is 20.5 Å². The Morgan fingerprint density at radius 2 is 1.70 bits per heavy atom. The summed E-state index contributed by atoms with van der Waals surface area (Å²) in [5.74, 6) is -0.426. The molecule has 4 aromatic rings. The van der Waals surface area contributed by atoms with Gasteiger partial charge in [-0.15, -0.1) is 11.3 Å². The summed E-state index contributed by atoms with van der Waals surface area (Å²) in [6.07, 6.45) is 0. The first-order valence-electron chi connectivity index (χ1n) is 8.30. The van der Waals surface area contributed by atoms with E-state index in [4.69, 9.17) is 12.2 Å². The highest BCUT2D eigenvalue weighted by Crippen LogP contribution is 2.37. The van der Waals surface area contributed by atoms with Gasteiger partial charge in [0, 0.05) is 31.7 Å². The van der Waals surface area contributed by atoms with Crippen molar-refractivity contribution in [2.45, 2.75) is 6.92 Å². The van der Waals surface area contributed by atoms with E-state index in [1.54, 1.807) is 23.5 Å². The molecule has 0 bridgehead atoms. The minimum absolute atomic E-state index is 0.0314. The molecule has 1 heterocycles. The monoisotopic (exact) mass is 394 g/mol. The van der Waals surface area contributed by atoms with Gasteiger partial charge in [-0.25, -0.2) is 4.39 Å². The first-order valence-corrected chi connectivity index (χ1v) is 9.53. The number of phenols is 2. The summed E-state index contributed by atoms with van der Waals surface area (Å²) in [6.45, 7) is 2.01. The summed E-state index contributed by atoms with van der Waals surface area (Å²) in [4.78, 5) is 1.60. The largest absolute Gasteiger partial charge is 0.507 e.